The van der Waals surface area contributed by atoms with Crippen LogP contribution in [0.1, 0.15) is 22.3 Å². The van der Waals surface area contributed by atoms with E-state index in [2.05, 4.69) is 143 Å². The molecule has 6 heteroatoms. The molecule has 0 N–H and O–H groups in total. The van der Waals surface area contributed by atoms with E-state index in [9.17, 15) is 0 Å². The van der Waals surface area contributed by atoms with E-state index in [-0.39, 0.29) is 0 Å². The van der Waals surface area contributed by atoms with Gasteiger partial charge < -0.3 is 9.13 Å². The molecule has 0 unspecified atom stereocenters. The number of nitrogens with zero attached hydrogens (tertiary/aromatic N) is 6. The number of fused-ring (bicyclic) bond motifs is 12. The zero-order valence-electron chi connectivity index (χ0n) is 30.3. The van der Waals surface area contributed by atoms with Crippen molar-refractivity contribution in [2.45, 2.75) is 12.8 Å². The maximum absolute atomic E-state index is 4.70. The van der Waals surface area contributed by atoms with Crippen LogP contribution in [0.3, 0.4) is 0 Å². The molecule has 4 aromatic heterocycles. The first-order valence-corrected chi connectivity index (χ1v) is 19.0. The first kappa shape index (κ1) is 31.0. The molecule has 0 atom stereocenters. The van der Waals surface area contributed by atoms with E-state index in [1.54, 1.807) is 24.8 Å². The Labute approximate surface area is 322 Å². The first-order chi connectivity index (χ1) is 27.8. The number of benzene rings is 7. The van der Waals surface area contributed by atoms with Crippen molar-refractivity contribution >= 4 is 54.4 Å². The summed E-state index contributed by atoms with van der Waals surface area (Å²) in [7, 11) is 0. The van der Waals surface area contributed by atoms with Gasteiger partial charge in [-0.3, -0.25) is 0 Å². The van der Waals surface area contributed by atoms with E-state index in [1.165, 1.54) is 71.1 Å². The van der Waals surface area contributed by atoms with Crippen molar-refractivity contribution in [3.05, 3.63) is 193 Å². The molecule has 0 aliphatic heterocycles. The van der Waals surface area contributed by atoms with E-state index in [4.69, 9.17) is 19.9 Å². The topological polar surface area (TPSA) is 61.4 Å². The Morgan fingerprint density at radius 2 is 0.839 bits per heavy atom. The molecule has 0 radical (unpaired) electrons. The molecule has 0 fully saturated rings. The predicted molar refractivity (Wildman–Crippen MR) is 227 cm³/mol. The highest BCUT2D eigenvalue weighted by Gasteiger charge is 2.30. The number of rotatable bonds is 4. The van der Waals surface area contributed by atoms with Gasteiger partial charge in [0.1, 0.15) is 0 Å². The van der Waals surface area contributed by atoms with Crippen LogP contribution in [-0.4, -0.2) is 29.1 Å². The van der Waals surface area contributed by atoms with Crippen LogP contribution < -0.4 is 0 Å². The highest BCUT2D eigenvalue weighted by Crippen LogP contribution is 2.49. The number of hydrogen-bond donors (Lipinski definition) is 0. The summed E-state index contributed by atoms with van der Waals surface area (Å²) in [6, 6.07) is 52.5. The van der Waals surface area contributed by atoms with Crippen LogP contribution in [0.4, 0.5) is 0 Å². The summed E-state index contributed by atoms with van der Waals surface area (Å²) in [5.41, 5.74) is 14.2. The molecule has 6 nitrogen and oxygen atoms in total. The van der Waals surface area contributed by atoms with Crippen molar-refractivity contribution in [2.24, 2.45) is 0 Å². The first-order valence-electron chi connectivity index (χ1n) is 19.0. The second-order valence-corrected chi connectivity index (χ2v) is 14.7. The Bertz CT molecular complexity index is 3290. The van der Waals surface area contributed by atoms with Crippen molar-refractivity contribution in [2.75, 3.05) is 0 Å². The fourth-order valence-corrected chi connectivity index (χ4v) is 9.28. The van der Waals surface area contributed by atoms with Crippen molar-refractivity contribution in [3.8, 4) is 34.2 Å². The summed E-state index contributed by atoms with van der Waals surface area (Å²) in [6.45, 7) is 0. The summed E-state index contributed by atoms with van der Waals surface area (Å²) in [4.78, 5) is 18.8. The third kappa shape index (κ3) is 4.56. The molecule has 4 heterocycles. The van der Waals surface area contributed by atoms with E-state index in [0.29, 0.717) is 11.6 Å². The maximum Gasteiger partial charge on any atom is 0.159 e. The van der Waals surface area contributed by atoms with Gasteiger partial charge in [-0.15, -0.1) is 0 Å². The van der Waals surface area contributed by atoms with E-state index in [1.807, 2.05) is 12.1 Å². The predicted octanol–water partition coefficient (Wildman–Crippen LogP) is 11.4. The highest BCUT2D eigenvalue weighted by molar-refractivity contribution is 6.26. The molecule has 12 rings (SSSR count). The van der Waals surface area contributed by atoms with E-state index >= 15 is 0 Å². The van der Waals surface area contributed by atoms with Crippen LogP contribution >= 0.6 is 0 Å². The summed E-state index contributed by atoms with van der Waals surface area (Å²) in [5, 5.41) is 7.66. The van der Waals surface area contributed by atoms with Crippen molar-refractivity contribution in [1.82, 2.24) is 29.1 Å². The Balaban J connectivity index is 1.29. The molecule has 11 aromatic rings. The average Bonchev–Trinajstić information content (AvgIpc) is 3.80. The zero-order valence-corrected chi connectivity index (χ0v) is 30.3. The normalized spacial score (nSPS) is 12.5. The van der Waals surface area contributed by atoms with Crippen LogP contribution in [0.2, 0.25) is 0 Å². The van der Waals surface area contributed by atoms with Gasteiger partial charge in [-0.2, -0.15) is 0 Å². The van der Waals surface area contributed by atoms with Crippen molar-refractivity contribution in [3.63, 3.8) is 0 Å². The van der Waals surface area contributed by atoms with E-state index < -0.39 is 0 Å². The van der Waals surface area contributed by atoms with Gasteiger partial charge in [-0.05, 0) is 100 Å². The van der Waals surface area contributed by atoms with Gasteiger partial charge in [-0.1, -0.05) is 91.0 Å². The molecule has 1 aliphatic carbocycles. The van der Waals surface area contributed by atoms with Gasteiger partial charge in [0.25, 0.3) is 0 Å². The third-order valence-corrected chi connectivity index (χ3v) is 11.6. The average molecular weight is 717 g/mol. The number of para-hydroxylation sites is 3. The van der Waals surface area contributed by atoms with Crippen LogP contribution in [0, 0.1) is 0 Å². The fraction of sp³-hybridized carbons (Fsp3) is 0.0400. The van der Waals surface area contributed by atoms with Crippen molar-refractivity contribution < 1.29 is 0 Å². The molecule has 0 saturated heterocycles. The second-order valence-electron chi connectivity index (χ2n) is 14.7. The maximum atomic E-state index is 4.70. The standard InChI is InChI=1S/C50H32N6/c1-2-14-37(15-3-1)55-43-18-8-6-16-39(43)45-41-29-33-24-31-12-4-5-13-32(31)25-34(33)30-42(41)46-40-17-7-9-19-44(40)56(48(46)47(45)55)38-27-35(49-51-20-10-21-52-49)26-36(28-38)50-53-22-11-23-54-50/h1-28H,29-30H2. The van der Waals surface area contributed by atoms with Crippen LogP contribution in [0.15, 0.2) is 170 Å². The van der Waals surface area contributed by atoms with E-state index in [0.717, 1.165) is 40.9 Å². The monoisotopic (exact) mass is 716 g/mol. The third-order valence-electron chi connectivity index (χ3n) is 11.6. The molecule has 1 aliphatic rings. The molecule has 7 aromatic carbocycles. The quantitative estimate of drug-likeness (QED) is 0.182. The van der Waals surface area contributed by atoms with Crippen LogP contribution in [0.5, 0.6) is 0 Å². The fourth-order valence-electron chi connectivity index (χ4n) is 9.28. The summed E-state index contributed by atoms with van der Waals surface area (Å²) in [5.74, 6) is 1.30. The molecule has 0 saturated carbocycles. The van der Waals surface area contributed by atoms with Gasteiger partial charge in [0, 0.05) is 68.8 Å². The van der Waals surface area contributed by atoms with Crippen LogP contribution in [-0.2, 0) is 12.8 Å². The minimum Gasteiger partial charge on any atom is -0.307 e. The molecule has 0 amide bonds. The summed E-state index contributed by atoms with van der Waals surface area (Å²) < 4.78 is 4.96. The number of aromatic nitrogens is 6. The van der Waals surface area contributed by atoms with Gasteiger partial charge in [0.05, 0.1) is 22.1 Å². The molecule has 0 spiro atoms. The largest absolute Gasteiger partial charge is 0.307 e. The highest BCUT2D eigenvalue weighted by atomic mass is 15.0. The Morgan fingerprint density at radius 1 is 0.393 bits per heavy atom. The van der Waals surface area contributed by atoms with Crippen LogP contribution in [0.25, 0.3) is 88.5 Å². The lowest BCUT2D eigenvalue weighted by Gasteiger charge is -2.24. The lowest BCUT2D eigenvalue weighted by Crippen LogP contribution is -2.10. The van der Waals surface area contributed by atoms with Gasteiger partial charge in [-0.25, -0.2) is 19.9 Å². The Morgan fingerprint density at radius 3 is 1.36 bits per heavy atom. The molecular weight excluding hydrogens is 685 g/mol. The molecular formula is C50H32N6. The second kappa shape index (κ2) is 12.0. The Hall–Kier alpha value is -7.44. The Kier molecular flexibility index (Phi) is 6.65. The van der Waals surface area contributed by atoms with Gasteiger partial charge >= 0.3 is 0 Å². The summed E-state index contributed by atoms with van der Waals surface area (Å²) >= 11 is 0. The minimum atomic E-state index is 0.650. The zero-order chi connectivity index (χ0) is 36.7. The molecule has 262 valence electrons. The van der Waals surface area contributed by atoms with Gasteiger partial charge in [0.15, 0.2) is 11.6 Å². The SMILES string of the molecule is c1ccc(-n2c3ccccc3c3c4c(c5c6ccccc6n(-c6cc(-c7ncccn7)cc(-c7ncccn7)c6)c5c32)Cc2cc3ccccc3cc2C4)cc1. The lowest BCUT2D eigenvalue weighted by molar-refractivity contribution is 1.03. The van der Waals surface area contributed by atoms with Gasteiger partial charge in [0.2, 0.25) is 0 Å². The van der Waals surface area contributed by atoms with Crippen molar-refractivity contribution in [1.29, 1.82) is 0 Å². The lowest BCUT2D eigenvalue weighted by atomic mass is 9.80. The molecule has 56 heavy (non-hydrogen) atoms. The number of hydrogen-bond acceptors (Lipinski definition) is 4. The minimum absolute atomic E-state index is 0.650. The smallest absolute Gasteiger partial charge is 0.159 e. The summed E-state index contributed by atoms with van der Waals surface area (Å²) in [6.07, 6.45) is 8.89. The molecule has 0 bridgehead atoms.